The maximum Gasteiger partial charge on any atom is 0.265 e. The van der Waals surface area contributed by atoms with Crippen LogP contribution in [0.1, 0.15) is 30.2 Å². The molecule has 7 heteroatoms. The van der Waals surface area contributed by atoms with E-state index in [0.717, 1.165) is 31.5 Å². The highest BCUT2D eigenvalue weighted by atomic mass is 35.5. The van der Waals surface area contributed by atoms with Crippen molar-refractivity contribution in [3.8, 4) is 0 Å². The number of likely N-dealkylation sites (tertiary alicyclic amines) is 1. The summed E-state index contributed by atoms with van der Waals surface area (Å²) in [5.41, 5.74) is 0.985. The van der Waals surface area contributed by atoms with Gasteiger partial charge in [0.15, 0.2) is 0 Å². The van der Waals surface area contributed by atoms with Gasteiger partial charge in [-0.25, -0.2) is 0 Å². The first-order valence-electron chi connectivity index (χ1n) is 8.06. The number of hydrogen-bond acceptors (Lipinski definition) is 5. The van der Waals surface area contributed by atoms with Crippen molar-refractivity contribution >= 4 is 23.5 Å². The minimum absolute atomic E-state index is 0.148. The van der Waals surface area contributed by atoms with E-state index in [1.165, 1.54) is 0 Å². The monoisotopic (exact) mass is 348 g/mol. The molecule has 0 N–H and O–H groups in total. The number of halogens is 1. The predicted octanol–water partition coefficient (Wildman–Crippen LogP) is 2.74. The van der Waals surface area contributed by atoms with E-state index in [4.69, 9.17) is 16.1 Å². The van der Waals surface area contributed by atoms with Gasteiger partial charge in [-0.1, -0.05) is 23.7 Å². The maximum atomic E-state index is 12.4. The number of rotatable bonds is 4. The van der Waals surface area contributed by atoms with Crippen LogP contribution in [-0.2, 0) is 11.2 Å². The van der Waals surface area contributed by atoms with Crippen molar-refractivity contribution in [2.45, 2.75) is 25.2 Å². The molecule has 0 spiro atoms. The largest absolute Gasteiger partial charge is 0.344 e. The average molecular weight is 349 g/mol. The Labute approximate surface area is 146 Å². The van der Waals surface area contributed by atoms with Gasteiger partial charge in [0.1, 0.15) is 0 Å². The topological polar surface area (TPSA) is 62.5 Å². The minimum atomic E-state index is 0.148. The number of piperidine rings is 1. The van der Waals surface area contributed by atoms with Gasteiger partial charge < -0.3 is 14.3 Å². The first-order chi connectivity index (χ1) is 11.5. The molecule has 1 fully saturated rings. The Hall–Kier alpha value is -2.08. The lowest BCUT2D eigenvalue weighted by molar-refractivity contribution is -0.131. The molecule has 1 aromatic heterocycles. The second-order valence-corrected chi connectivity index (χ2v) is 6.72. The second kappa shape index (κ2) is 7.21. The van der Waals surface area contributed by atoms with Crippen molar-refractivity contribution < 1.29 is 9.32 Å². The molecule has 0 unspecified atom stereocenters. The second-order valence-electron chi connectivity index (χ2n) is 6.29. The molecule has 1 aromatic carbocycles. The average Bonchev–Trinajstić information content (AvgIpc) is 3.07. The molecule has 0 saturated carbocycles. The van der Waals surface area contributed by atoms with Crippen LogP contribution in [0.3, 0.4) is 0 Å². The molecule has 1 saturated heterocycles. The summed E-state index contributed by atoms with van der Waals surface area (Å²) in [6.45, 7) is 1.44. The summed E-state index contributed by atoms with van der Waals surface area (Å²) in [5, 5.41) is 4.64. The summed E-state index contributed by atoms with van der Waals surface area (Å²) in [7, 11) is 3.76. The van der Waals surface area contributed by atoms with Crippen LogP contribution in [0.25, 0.3) is 0 Å². The number of anilines is 1. The van der Waals surface area contributed by atoms with Crippen LogP contribution >= 0.6 is 11.6 Å². The molecule has 24 heavy (non-hydrogen) atoms. The van der Waals surface area contributed by atoms with E-state index in [-0.39, 0.29) is 11.8 Å². The van der Waals surface area contributed by atoms with E-state index in [9.17, 15) is 4.79 Å². The molecule has 6 nitrogen and oxygen atoms in total. The molecule has 0 bridgehead atoms. The Balaban J connectivity index is 1.54. The highest BCUT2D eigenvalue weighted by Gasteiger charge is 2.27. The molecule has 1 aliphatic heterocycles. The molecule has 3 rings (SSSR count). The van der Waals surface area contributed by atoms with Crippen LogP contribution in [-0.4, -0.2) is 48.1 Å². The lowest BCUT2D eigenvalue weighted by Gasteiger charge is -2.30. The van der Waals surface area contributed by atoms with Gasteiger partial charge in [0, 0.05) is 38.1 Å². The normalized spacial score (nSPS) is 15.5. The van der Waals surface area contributed by atoms with Crippen LogP contribution in [0.4, 0.5) is 5.95 Å². The summed E-state index contributed by atoms with van der Waals surface area (Å²) in [4.78, 5) is 20.6. The Morgan fingerprint density at radius 1 is 1.29 bits per heavy atom. The first-order valence-corrected chi connectivity index (χ1v) is 8.44. The summed E-state index contributed by atoms with van der Waals surface area (Å²) >= 11 is 5.87. The van der Waals surface area contributed by atoms with E-state index in [2.05, 4.69) is 10.1 Å². The van der Waals surface area contributed by atoms with Crippen molar-refractivity contribution in [3.05, 3.63) is 40.7 Å². The SMILES string of the molecule is CN(C)c1noc(C2CCN(C(=O)Cc3ccc(Cl)cc3)CC2)n1. The van der Waals surface area contributed by atoms with Crippen LogP contribution in [0.15, 0.2) is 28.8 Å². The fraction of sp³-hybridized carbons (Fsp3) is 0.471. The zero-order chi connectivity index (χ0) is 17.1. The van der Waals surface area contributed by atoms with Gasteiger partial charge in [0.25, 0.3) is 5.95 Å². The highest BCUT2D eigenvalue weighted by molar-refractivity contribution is 6.30. The van der Waals surface area contributed by atoms with Gasteiger partial charge in [-0.05, 0) is 35.7 Å². The third-order valence-corrected chi connectivity index (χ3v) is 4.55. The molecule has 128 valence electrons. The maximum absolute atomic E-state index is 12.4. The Morgan fingerprint density at radius 2 is 1.96 bits per heavy atom. The number of benzene rings is 1. The van der Waals surface area contributed by atoms with E-state index < -0.39 is 0 Å². The lowest BCUT2D eigenvalue weighted by atomic mass is 9.96. The molecule has 0 atom stereocenters. The van der Waals surface area contributed by atoms with Gasteiger partial charge in [-0.3, -0.25) is 4.79 Å². The third-order valence-electron chi connectivity index (χ3n) is 4.30. The number of nitrogens with zero attached hydrogens (tertiary/aromatic N) is 4. The summed E-state index contributed by atoms with van der Waals surface area (Å²) < 4.78 is 5.35. The first kappa shape index (κ1) is 16.8. The van der Waals surface area contributed by atoms with Crippen molar-refractivity contribution in [2.75, 3.05) is 32.1 Å². The molecular weight excluding hydrogens is 328 g/mol. The smallest absolute Gasteiger partial charge is 0.265 e. The zero-order valence-electron chi connectivity index (χ0n) is 13.9. The molecule has 1 amide bonds. The quantitative estimate of drug-likeness (QED) is 0.850. The third kappa shape index (κ3) is 3.87. The zero-order valence-corrected chi connectivity index (χ0v) is 14.7. The van der Waals surface area contributed by atoms with Crippen molar-refractivity contribution in [1.82, 2.24) is 15.0 Å². The lowest BCUT2D eigenvalue weighted by Crippen LogP contribution is -2.38. The molecule has 0 aliphatic carbocycles. The number of hydrogen-bond donors (Lipinski definition) is 0. The molecule has 2 heterocycles. The van der Waals surface area contributed by atoms with E-state index in [0.29, 0.717) is 23.3 Å². The van der Waals surface area contributed by atoms with Gasteiger partial charge in [0.2, 0.25) is 11.8 Å². The van der Waals surface area contributed by atoms with Crippen molar-refractivity contribution in [1.29, 1.82) is 0 Å². The molecular formula is C17H21ClN4O2. The Morgan fingerprint density at radius 3 is 2.54 bits per heavy atom. The minimum Gasteiger partial charge on any atom is -0.344 e. The number of aromatic nitrogens is 2. The van der Waals surface area contributed by atoms with Gasteiger partial charge in [-0.15, -0.1) is 0 Å². The fourth-order valence-electron chi connectivity index (χ4n) is 2.84. The summed E-state index contributed by atoms with van der Waals surface area (Å²) in [6.07, 6.45) is 2.11. The molecule has 1 aliphatic rings. The van der Waals surface area contributed by atoms with Crippen molar-refractivity contribution in [3.63, 3.8) is 0 Å². The number of amides is 1. The van der Waals surface area contributed by atoms with E-state index >= 15 is 0 Å². The van der Waals surface area contributed by atoms with Crippen LogP contribution in [0, 0.1) is 0 Å². The summed E-state index contributed by atoms with van der Waals surface area (Å²) in [6, 6.07) is 7.42. The van der Waals surface area contributed by atoms with E-state index in [1.807, 2.05) is 48.2 Å². The van der Waals surface area contributed by atoms with Crippen molar-refractivity contribution in [2.24, 2.45) is 0 Å². The van der Waals surface area contributed by atoms with Gasteiger partial charge in [0.05, 0.1) is 6.42 Å². The van der Waals surface area contributed by atoms with Gasteiger partial charge >= 0.3 is 0 Å². The predicted molar refractivity (Wildman–Crippen MR) is 92.3 cm³/mol. The number of carbonyl (C=O) groups is 1. The van der Waals surface area contributed by atoms with Crippen LogP contribution < -0.4 is 4.90 Å². The molecule has 2 aromatic rings. The van der Waals surface area contributed by atoms with Crippen LogP contribution in [0.2, 0.25) is 5.02 Å². The summed E-state index contributed by atoms with van der Waals surface area (Å²) in [5.74, 6) is 1.64. The standard InChI is InChI=1S/C17H21ClN4O2/c1-21(2)17-19-16(24-20-17)13-7-9-22(10-8-13)15(23)11-12-3-5-14(18)6-4-12/h3-6,13H,7-11H2,1-2H3. The van der Waals surface area contributed by atoms with Crippen LogP contribution in [0.5, 0.6) is 0 Å². The Kier molecular flexibility index (Phi) is 5.04. The van der Waals surface area contributed by atoms with Gasteiger partial charge in [-0.2, -0.15) is 4.98 Å². The van der Waals surface area contributed by atoms with E-state index in [1.54, 1.807) is 0 Å². The highest BCUT2D eigenvalue weighted by Crippen LogP contribution is 2.28. The fourth-order valence-corrected chi connectivity index (χ4v) is 2.96. The number of carbonyl (C=O) groups excluding carboxylic acids is 1. The molecule has 0 radical (unpaired) electrons. The Bertz CT molecular complexity index is 691.